The monoisotopic (exact) mass is 553 g/mol. The topological polar surface area (TPSA) is 117 Å². The molecule has 41 heavy (non-hydrogen) atoms. The molecule has 210 valence electrons. The molecule has 10 heteroatoms. The number of imidazole rings is 1. The van der Waals surface area contributed by atoms with E-state index in [2.05, 4.69) is 9.97 Å². The van der Waals surface area contributed by atoms with E-state index in [4.69, 9.17) is 24.4 Å². The highest BCUT2D eigenvalue weighted by Crippen LogP contribution is 2.37. The van der Waals surface area contributed by atoms with Gasteiger partial charge in [-0.3, -0.25) is 9.98 Å². The largest absolute Gasteiger partial charge is 0.491 e. The zero-order valence-electron chi connectivity index (χ0n) is 23.0. The van der Waals surface area contributed by atoms with Crippen LogP contribution < -0.4 is 19.7 Å². The molecule has 2 aromatic heterocycles. The highest BCUT2D eigenvalue weighted by molar-refractivity contribution is 5.68. The van der Waals surface area contributed by atoms with Crippen molar-refractivity contribution in [3.63, 3.8) is 0 Å². The second-order valence-corrected chi connectivity index (χ2v) is 10.2. The molecule has 0 amide bonds. The van der Waals surface area contributed by atoms with Gasteiger partial charge in [-0.15, -0.1) is 0 Å². The van der Waals surface area contributed by atoms with Gasteiger partial charge in [-0.05, 0) is 57.2 Å². The Kier molecular flexibility index (Phi) is 7.07. The summed E-state index contributed by atoms with van der Waals surface area (Å²) in [6.45, 7) is 6.26. The summed E-state index contributed by atoms with van der Waals surface area (Å²) in [5, 5.41) is 18.2. The molecular weight excluding hydrogens is 522 g/mol. The summed E-state index contributed by atoms with van der Waals surface area (Å²) >= 11 is 0. The smallest absolute Gasteiger partial charge is 0.192 e. The summed E-state index contributed by atoms with van der Waals surface area (Å²) in [7, 11) is 0. The molecule has 0 saturated carbocycles. The van der Waals surface area contributed by atoms with Crippen LogP contribution in [0.4, 0.5) is 0 Å². The number of benzene rings is 3. The molecule has 5 aromatic rings. The number of aryl methyl sites for hydroxylation is 3. The molecule has 1 saturated heterocycles. The van der Waals surface area contributed by atoms with Crippen molar-refractivity contribution in [2.45, 2.75) is 45.3 Å². The minimum Gasteiger partial charge on any atom is -0.491 e. The lowest BCUT2D eigenvalue weighted by atomic mass is 10.1. The number of ether oxygens (including phenoxy) is 4. The molecule has 0 bridgehead atoms. The van der Waals surface area contributed by atoms with Gasteiger partial charge in [-0.1, -0.05) is 53.1 Å². The molecule has 10 nitrogen and oxygen atoms in total. The lowest BCUT2D eigenvalue weighted by molar-refractivity contribution is -0.0435. The number of hydrogen-bond acceptors (Lipinski definition) is 8. The van der Waals surface area contributed by atoms with Crippen LogP contribution in [0.2, 0.25) is 0 Å². The predicted octanol–water partition coefficient (Wildman–Crippen LogP) is 4.75. The van der Waals surface area contributed by atoms with Crippen LogP contribution in [0.25, 0.3) is 11.2 Å². The number of hydrogen-bond donors (Lipinski definition) is 2. The predicted molar refractivity (Wildman–Crippen MR) is 150 cm³/mol. The Hall–Kier alpha value is -4.83. The fraction of sp³-hybridized carbons (Fsp3) is 0.258. The summed E-state index contributed by atoms with van der Waals surface area (Å²) in [5.74, 6) is 2.04. The van der Waals surface area contributed by atoms with Crippen molar-refractivity contribution in [1.82, 2.24) is 19.3 Å². The Morgan fingerprint density at radius 3 is 1.88 bits per heavy atom. The minimum absolute atomic E-state index is 0.186. The van der Waals surface area contributed by atoms with E-state index in [1.807, 2.05) is 93.6 Å². The Balaban J connectivity index is 1.40. The average Bonchev–Trinajstić information content (AvgIpc) is 3.54. The number of nitrogens with zero attached hydrogens (tertiary/aromatic N) is 4. The van der Waals surface area contributed by atoms with Crippen LogP contribution in [-0.2, 0) is 4.74 Å². The molecule has 3 heterocycles. The van der Waals surface area contributed by atoms with Crippen LogP contribution in [0.5, 0.6) is 17.2 Å². The maximum atomic E-state index is 9.95. The number of rotatable bonds is 8. The van der Waals surface area contributed by atoms with Crippen molar-refractivity contribution in [2.24, 2.45) is 0 Å². The lowest BCUT2D eigenvalue weighted by Crippen LogP contribution is -2.42. The standard InChI is InChI=1S/C31H31N5O5/c1-19-4-10-22(11-5-19)38-16-25-27(39-23-12-6-20(2)7-13-23)28(40-24-14-8-21(3)9-15-24)31(41-25)35-17-33-26-29(32)36(37)18-34-30(26)35/h4-15,17-18,25,27-28,31-32,37H,16H2,1-3H3/t25-,27-,28-,31-/m1/s1. The van der Waals surface area contributed by atoms with Gasteiger partial charge in [-0.25, -0.2) is 9.97 Å². The quantitative estimate of drug-likeness (QED) is 0.267. The van der Waals surface area contributed by atoms with Crippen molar-refractivity contribution in [3.05, 3.63) is 108 Å². The van der Waals surface area contributed by atoms with Crippen LogP contribution in [0.3, 0.4) is 0 Å². The molecule has 0 radical (unpaired) electrons. The summed E-state index contributed by atoms with van der Waals surface area (Å²) in [6, 6.07) is 23.4. The highest BCUT2D eigenvalue weighted by atomic mass is 16.6. The van der Waals surface area contributed by atoms with Crippen LogP contribution in [0.15, 0.2) is 85.5 Å². The number of aromatic nitrogens is 4. The van der Waals surface area contributed by atoms with E-state index in [0.29, 0.717) is 27.6 Å². The van der Waals surface area contributed by atoms with Crippen molar-refractivity contribution in [3.8, 4) is 17.2 Å². The summed E-state index contributed by atoms with van der Waals surface area (Å²) < 4.78 is 28.3. The number of nitrogens with one attached hydrogen (secondary N) is 1. The van der Waals surface area contributed by atoms with Crippen molar-refractivity contribution in [2.75, 3.05) is 6.61 Å². The average molecular weight is 554 g/mol. The van der Waals surface area contributed by atoms with E-state index in [0.717, 1.165) is 23.0 Å². The maximum absolute atomic E-state index is 9.95. The van der Waals surface area contributed by atoms with Gasteiger partial charge in [0, 0.05) is 0 Å². The van der Waals surface area contributed by atoms with Gasteiger partial charge < -0.3 is 24.2 Å². The lowest BCUT2D eigenvalue weighted by Gasteiger charge is -2.26. The molecule has 1 fully saturated rings. The Morgan fingerprint density at radius 2 is 1.29 bits per heavy atom. The second-order valence-electron chi connectivity index (χ2n) is 10.2. The van der Waals surface area contributed by atoms with Gasteiger partial charge in [-0.2, -0.15) is 4.73 Å². The molecule has 1 aliphatic rings. The Bertz CT molecular complexity index is 1700. The minimum atomic E-state index is -0.732. The first-order valence-corrected chi connectivity index (χ1v) is 13.4. The van der Waals surface area contributed by atoms with E-state index < -0.39 is 24.5 Å². The fourth-order valence-electron chi connectivity index (χ4n) is 4.81. The fourth-order valence-corrected chi connectivity index (χ4v) is 4.81. The molecule has 3 aromatic carbocycles. The zero-order valence-corrected chi connectivity index (χ0v) is 23.0. The third-order valence-electron chi connectivity index (χ3n) is 7.09. The number of fused-ring (bicyclic) bond motifs is 1. The van der Waals surface area contributed by atoms with Gasteiger partial charge in [0.2, 0.25) is 0 Å². The van der Waals surface area contributed by atoms with Crippen LogP contribution >= 0.6 is 0 Å². The van der Waals surface area contributed by atoms with E-state index in [1.165, 1.54) is 6.33 Å². The van der Waals surface area contributed by atoms with Gasteiger partial charge in [0.1, 0.15) is 36.3 Å². The molecular formula is C31H31N5O5. The SMILES string of the molecule is Cc1ccc(OC[C@H]2O[C@@H](n3cnc4c(=N)n(O)cnc43)[C@H](Oc3ccc(C)cc3)[C@@H]2Oc2ccc(C)cc2)cc1. The van der Waals surface area contributed by atoms with Crippen LogP contribution in [0.1, 0.15) is 22.9 Å². The van der Waals surface area contributed by atoms with Crippen molar-refractivity contribution >= 4 is 11.2 Å². The molecule has 4 atom stereocenters. The van der Waals surface area contributed by atoms with E-state index >= 15 is 0 Å². The molecule has 2 N–H and O–H groups in total. The Morgan fingerprint density at radius 1 is 0.756 bits per heavy atom. The highest BCUT2D eigenvalue weighted by Gasteiger charge is 2.50. The molecule has 6 rings (SSSR count). The normalized spacial score (nSPS) is 20.3. The Labute approximate surface area is 236 Å². The first-order chi connectivity index (χ1) is 19.9. The van der Waals surface area contributed by atoms with Crippen LogP contribution in [-0.4, -0.2) is 49.4 Å². The summed E-state index contributed by atoms with van der Waals surface area (Å²) in [6.07, 6.45) is 0.181. The van der Waals surface area contributed by atoms with E-state index in [-0.39, 0.29) is 17.6 Å². The van der Waals surface area contributed by atoms with Crippen LogP contribution in [0, 0.1) is 26.2 Å². The molecule has 0 spiro atoms. The first kappa shape index (κ1) is 26.4. The summed E-state index contributed by atoms with van der Waals surface area (Å²) in [5.41, 5.74) is 3.78. The van der Waals surface area contributed by atoms with Gasteiger partial charge in [0.15, 0.2) is 35.1 Å². The van der Waals surface area contributed by atoms with Crippen molar-refractivity contribution < 1.29 is 24.2 Å². The molecule has 0 unspecified atom stereocenters. The second kappa shape index (κ2) is 11.0. The van der Waals surface area contributed by atoms with Gasteiger partial charge in [0.05, 0.1) is 6.33 Å². The summed E-state index contributed by atoms with van der Waals surface area (Å²) in [4.78, 5) is 8.68. The van der Waals surface area contributed by atoms with Gasteiger partial charge in [0.25, 0.3) is 0 Å². The van der Waals surface area contributed by atoms with Gasteiger partial charge >= 0.3 is 0 Å². The van der Waals surface area contributed by atoms with E-state index in [9.17, 15) is 5.21 Å². The van der Waals surface area contributed by atoms with E-state index in [1.54, 1.807) is 4.57 Å². The molecule has 1 aliphatic heterocycles. The third kappa shape index (κ3) is 5.46. The first-order valence-electron chi connectivity index (χ1n) is 13.4. The molecule has 0 aliphatic carbocycles. The maximum Gasteiger partial charge on any atom is 0.192 e. The third-order valence-corrected chi connectivity index (χ3v) is 7.09. The zero-order chi connectivity index (χ0) is 28.5. The van der Waals surface area contributed by atoms with Crippen molar-refractivity contribution in [1.29, 1.82) is 5.41 Å².